The molecule has 1 aliphatic carbocycles. The monoisotopic (exact) mass is 421 g/mol. The van der Waals surface area contributed by atoms with Crippen LogP contribution in [0.2, 0.25) is 0 Å². The molecule has 4 rings (SSSR count). The Kier molecular flexibility index (Phi) is 5.50. The molecule has 1 spiro atoms. The molecule has 164 valence electrons. The van der Waals surface area contributed by atoms with Crippen LogP contribution in [0, 0.1) is 0 Å². The first kappa shape index (κ1) is 21.3. The number of piperidine rings is 1. The maximum absolute atomic E-state index is 12.7. The maximum Gasteiger partial charge on any atom is 0.410 e. The summed E-state index contributed by atoms with van der Waals surface area (Å²) in [6, 6.07) is 14.0. The summed E-state index contributed by atoms with van der Waals surface area (Å²) in [6.45, 7) is 8.58. The third-order valence-electron chi connectivity index (χ3n) is 6.39. The Hall–Kier alpha value is -2.89. The molecule has 0 bridgehead atoms. The van der Waals surface area contributed by atoms with Gasteiger partial charge in [-0.25, -0.2) is 9.78 Å². The van der Waals surface area contributed by atoms with Crippen molar-refractivity contribution in [2.24, 2.45) is 0 Å². The van der Waals surface area contributed by atoms with Crippen molar-refractivity contribution >= 4 is 17.8 Å². The van der Waals surface area contributed by atoms with Gasteiger partial charge >= 0.3 is 6.09 Å². The van der Waals surface area contributed by atoms with Crippen LogP contribution in [0.4, 0.5) is 10.6 Å². The zero-order valence-electron chi connectivity index (χ0n) is 18.8. The Bertz CT molecular complexity index is 959. The van der Waals surface area contributed by atoms with Crippen molar-refractivity contribution in [3.8, 4) is 0 Å². The number of amides is 2. The number of ether oxygens (including phenoxy) is 1. The topological polar surface area (TPSA) is 62.7 Å². The highest BCUT2D eigenvalue weighted by atomic mass is 16.6. The molecule has 2 amide bonds. The summed E-state index contributed by atoms with van der Waals surface area (Å²) < 4.78 is 5.57. The lowest BCUT2D eigenvalue weighted by molar-refractivity contribution is -0.117. The van der Waals surface area contributed by atoms with Crippen LogP contribution >= 0.6 is 0 Å². The summed E-state index contributed by atoms with van der Waals surface area (Å²) in [6.07, 6.45) is 4.02. The van der Waals surface area contributed by atoms with E-state index in [0.717, 1.165) is 19.3 Å². The number of carbonyl (C=O) groups excluding carboxylic acids is 2. The number of likely N-dealkylation sites (tertiary alicyclic amines) is 1. The summed E-state index contributed by atoms with van der Waals surface area (Å²) in [5.74, 6) is 0.666. The molecular weight excluding hydrogens is 390 g/mol. The number of fused-ring (bicyclic) bond motifs is 2. The first-order valence-electron chi connectivity index (χ1n) is 11.0. The van der Waals surface area contributed by atoms with Gasteiger partial charge in [-0.1, -0.05) is 30.3 Å². The normalized spacial score (nSPS) is 19.7. The summed E-state index contributed by atoms with van der Waals surface area (Å²) >= 11 is 0. The lowest BCUT2D eigenvalue weighted by atomic mass is 9.73. The molecule has 1 aromatic carbocycles. The van der Waals surface area contributed by atoms with E-state index in [9.17, 15) is 9.59 Å². The summed E-state index contributed by atoms with van der Waals surface area (Å²) in [7, 11) is 0. The Labute approximate surface area is 184 Å². The van der Waals surface area contributed by atoms with Crippen LogP contribution in [-0.4, -0.2) is 40.6 Å². The van der Waals surface area contributed by atoms with Crippen LogP contribution < -0.4 is 4.90 Å². The Morgan fingerprint density at radius 3 is 2.39 bits per heavy atom. The van der Waals surface area contributed by atoms with Crippen molar-refractivity contribution < 1.29 is 14.3 Å². The molecule has 1 unspecified atom stereocenters. The van der Waals surface area contributed by atoms with E-state index in [2.05, 4.69) is 23.2 Å². The number of hydrogen-bond donors (Lipinski definition) is 0. The number of carbonyl (C=O) groups is 2. The van der Waals surface area contributed by atoms with Gasteiger partial charge in [0.1, 0.15) is 11.4 Å². The average molecular weight is 422 g/mol. The Morgan fingerprint density at radius 1 is 1.10 bits per heavy atom. The number of rotatable bonds is 2. The summed E-state index contributed by atoms with van der Waals surface area (Å²) in [5, 5.41) is 0. The highest BCUT2D eigenvalue weighted by Crippen LogP contribution is 2.53. The van der Waals surface area contributed by atoms with Crippen molar-refractivity contribution in [1.29, 1.82) is 0 Å². The van der Waals surface area contributed by atoms with E-state index in [1.54, 1.807) is 13.1 Å². The quantitative estimate of drug-likeness (QED) is 0.696. The largest absolute Gasteiger partial charge is 0.444 e. The highest BCUT2D eigenvalue weighted by molar-refractivity contribution is 5.91. The standard InChI is InChI=1S/C25H31N3O3/c1-18(29)28(22-11-7-8-14-26-22)21-17-25(20-10-6-5-9-19(20)21)12-15-27(16-13-25)23(30)31-24(2,3)4/h5-11,14,21H,12-13,15-17H2,1-4H3. The molecule has 1 atom stereocenters. The van der Waals surface area contributed by atoms with Gasteiger partial charge < -0.3 is 9.64 Å². The Balaban J connectivity index is 1.61. The first-order valence-corrected chi connectivity index (χ1v) is 11.0. The second-order valence-electron chi connectivity index (χ2n) is 9.63. The molecule has 1 aromatic heterocycles. The van der Waals surface area contributed by atoms with E-state index in [0.29, 0.717) is 18.9 Å². The predicted octanol–water partition coefficient (Wildman–Crippen LogP) is 4.85. The molecule has 6 nitrogen and oxygen atoms in total. The summed E-state index contributed by atoms with van der Waals surface area (Å²) in [5.41, 5.74) is 1.93. The van der Waals surface area contributed by atoms with Crippen LogP contribution in [0.25, 0.3) is 0 Å². The number of aromatic nitrogens is 1. The van der Waals surface area contributed by atoms with E-state index in [4.69, 9.17) is 4.74 Å². The fourth-order valence-electron chi connectivity index (χ4n) is 5.04. The smallest absolute Gasteiger partial charge is 0.410 e. The van der Waals surface area contributed by atoms with E-state index < -0.39 is 5.60 Å². The molecule has 0 radical (unpaired) electrons. The van der Waals surface area contributed by atoms with Crippen LogP contribution in [0.1, 0.15) is 64.1 Å². The minimum Gasteiger partial charge on any atom is -0.444 e. The van der Waals surface area contributed by atoms with Crippen LogP contribution in [0.5, 0.6) is 0 Å². The molecule has 1 aliphatic heterocycles. The third-order valence-corrected chi connectivity index (χ3v) is 6.39. The molecule has 2 aliphatic rings. The zero-order chi connectivity index (χ0) is 22.2. The number of anilines is 1. The third kappa shape index (κ3) is 4.16. The molecule has 1 saturated heterocycles. The van der Waals surface area contributed by atoms with Crippen molar-refractivity contribution in [2.75, 3.05) is 18.0 Å². The molecule has 0 saturated carbocycles. The fraction of sp³-hybridized carbons (Fsp3) is 0.480. The lowest BCUT2D eigenvalue weighted by Crippen LogP contribution is -2.46. The number of benzene rings is 1. The van der Waals surface area contributed by atoms with Crippen LogP contribution in [0.3, 0.4) is 0 Å². The van der Waals surface area contributed by atoms with Crippen molar-refractivity contribution in [3.05, 3.63) is 59.8 Å². The van der Waals surface area contributed by atoms with Crippen molar-refractivity contribution in [2.45, 2.75) is 64.0 Å². The minimum absolute atomic E-state index is 0.0123. The minimum atomic E-state index is -0.498. The van der Waals surface area contributed by atoms with E-state index in [1.165, 1.54) is 11.1 Å². The number of nitrogens with zero attached hydrogens (tertiary/aromatic N) is 3. The fourth-order valence-corrected chi connectivity index (χ4v) is 5.04. The second kappa shape index (κ2) is 7.98. The van der Waals surface area contributed by atoms with E-state index in [1.807, 2.05) is 54.8 Å². The maximum atomic E-state index is 12.7. The SMILES string of the molecule is CC(=O)N(c1ccccn1)C1CC2(CCN(C(=O)OC(C)(C)C)CC2)c2ccccc21. The highest BCUT2D eigenvalue weighted by Gasteiger charge is 2.48. The second-order valence-corrected chi connectivity index (χ2v) is 9.63. The lowest BCUT2D eigenvalue weighted by Gasteiger charge is -2.41. The first-order chi connectivity index (χ1) is 14.7. The average Bonchev–Trinajstić information content (AvgIpc) is 3.02. The molecule has 0 N–H and O–H groups in total. The van der Waals surface area contributed by atoms with Gasteiger partial charge in [0.05, 0.1) is 6.04 Å². The van der Waals surface area contributed by atoms with Gasteiger partial charge in [-0.3, -0.25) is 9.69 Å². The molecule has 2 heterocycles. The van der Waals surface area contributed by atoms with E-state index >= 15 is 0 Å². The van der Waals surface area contributed by atoms with Gasteiger partial charge in [0.25, 0.3) is 0 Å². The summed E-state index contributed by atoms with van der Waals surface area (Å²) in [4.78, 5) is 33.4. The molecular formula is C25H31N3O3. The van der Waals surface area contributed by atoms with Crippen molar-refractivity contribution in [1.82, 2.24) is 9.88 Å². The molecule has 1 fully saturated rings. The molecule has 6 heteroatoms. The van der Waals surface area contributed by atoms with Gasteiger partial charge in [-0.15, -0.1) is 0 Å². The Morgan fingerprint density at radius 2 is 1.77 bits per heavy atom. The number of hydrogen-bond acceptors (Lipinski definition) is 4. The molecule has 2 aromatic rings. The predicted molar refractivity (Wildman–Crippen MR) is 120 cm³/mol. The van der Waals surface area contributed by atoms with Crippen LogP contribution in [0.15, 0.2) is 48.7 Å². The zero-order valence-corrected chi connectivity index (χ0v) is 18.8. The van der Waals surface area contributed by atoms with E-state index in [-0.39, 0.29) is 23.5 Å². The van der Waals surface area contributed by atoms with Gasteiger partial charge in [0, 0.05) is 31.6 Å². The van der Waals surface area contributed by atoms with Crippen LogP contribution in [-0.2, 0) is 14.9 Å². The van der Waals surface area contributed by atoms with Gasteiger partial charge in [0.15, 0.2) is 0 Å². The molecule has 31 heavy (non-hydrogen) atoms. The number of pyridine rings is 1. The van der Waals surface area contributed by atoms with Gasteiger partial charge in [-0.2, -0.15) is 0 Å². The van der Waals surface area contributed by atoms with Crippen molar-refractivity contribution in [3.63, 3.8) is 0 Å². The van der Waals surface area contributed by atoms with Gasteiger partial charge in [-0.05, 0) is 63.3 Å². The van der Waals surface area contributed by atoms with Gasteiger partial charge in [0.2, 0.25) is 5.91 Å².